The van der Waals surface area contributed by atoms with Gasteiger partial charge in [0.25, 0.3) is 5.69 Å². The molecule has 0 aromatic heterocycles. The lowest BCUT2D eigenvalue weighted by molar-refractivity contribution is -0.384. The minimum absolute atomic E-state index is 0.162. The molecule has 4 nitrogen and oxygen atoms in total. The van der Waals surface area contributed by atoms with Crippen molar-refractivity contribution in [2.24, 2.45) is 0 Å². The number of thioether (sulfide) groups is 1. The van der Waals surface area contributed by atoms with Gasteiger partial charge in [-0.05, 0) is 5.56 Å². The minimum Gasteiger partial charge on any atom is -0.289 e. The second-order valence-electron chi connectivity index (χ2n) is 3.51. The first-order chi connectivity index (χ1) is 7.25. The third-order valence-corrected chi connectivity index (χ3v) is 3.40. The van der Waals surface area contributed by atoms with E-state index in [9.17, 15) is 10.1 Å². The Morgan fingerprint density at radius 1 is 1.40 bits per heavy atom. The molecule has 1 saturated heterocycles. The summed E-state index contributed by atoms with van der Waals surface area (Å²) in [6.45, 7) is 2.01. The number of nitro groups is 1. The summed E-state index contributed by atoms with van der Waals surface area (Å²) in [6, 6.07) is 6.80. The summed E-state index contributed by atoms with van der Waals surface area (Å²) in [7, 11) is 0. The monoisotopic (exact) mass is 224 g/mol. The van der Waals surface area contributed by atoms with E-state index < -0.39 is 0 Å². The van der Waals surface area contributed by atoms with Gasteiger partial charge in [0.2, 0.25) is 0 Å². The molecule has 0 amide bonds. The molecule has 0 radical (unpaired) electrons. The predicted octanol–water partition coefficient (Wildman–Crippen LogP) is 2.10. The Balaban J connectivity index is 2.00. The van der Waals surface area contributed by atoms with Gasteiger partial charge in [0.1, 0.15) is 0 Å². The Labute approximate surface area is 92.4 Å². The Morgan fingerprint density at radius 3 is 2.67 bits per heavy atom. The summed E-state index contributed by atoms with van der Waals surface area (Å²) in [5.41, 5.74) is 1.30. The third-order valence-electron chi connectivity index (χ3n) is 2.38. The van der Waals surface area contributed by atoms with Crippen LogP contribution in [0.4, 0.5) is 5.69 Å². The first kappa shape index (κ1) is 10.4. The molecule has 5 heteroatoms. The zero-order valence-corrected chi connectivity index (χ0v) is 9.07. The van der Waals surface area contributed by atoms with Gasteiger partial charge in [-0.3, -0.25) is 15.0 Å². The molecule has 1 aromatic rings. The van der Waals surface area contributed by atoms with Crippen LogP contribution in [-0.2, 0) is 6.54 Å². The summed E-state index contributed by atoms with van der Waals surface area (Å²) < 4.78 is 0. The van der Waals surface area contributed by atoms with Gasteiger partial charge in [-0.1, -0.05) is 12.1 Å². The van der Waals surface area contributed by atoms with Crippen molar-refractivity contribution in [3.05, 3.63) is 39.9 Å². The molecule has 1 heterocycles. The van der Waals surface area contributed by atoms with Crippen molar-refractivity contribution in [1.82, 2.24) is 4.90 Å². The van der Waals surface area contributed by atoms with Crippen LogP contribution >= 0.6 is 11.8 Å². The van der Waals surface area contributed by atoms with E-state index in [-0.39, 0.29) is 10.6 Å². The van der Waals surface area contributed by atoms with Crippen molar-refractivity contribution in [2.75, 3.05) is 18.2 Å². The molecule has 0 saturated carbocycles. The Morgan fingerprint density at radius 2 is 2.13 bits per heavy atom. The van der Waals surface area contributed by atoms with E-state index in [4.69, 9.17) is 0 Å². The molecule has 1 aliphatic heterocycles. The fraction of sp³-hybridized carbons (Fsp3) is 0.400. The van der Waals surface area contributed by atoms with Crippen LogP contribution in [0.5, 0.6) is 0 Å². The fourth-order valence-electron chi connectivity index (χ4n) is 1.56. The van der Waals surface area contributed by atoms with Crippen molar-refractivity contribution in [2.45, 2.75) is 6.54 Å². The summed E-state index contributed by atoms with van der Waals surface area (Å²) in [5.74, 6) is 2.25. The molecule has 15 heavy (non-hydrogen) atoms. The lowest BCUT2D eigenvalue weighted by atomic mass is 10.2. The predicted molar refractivity (Wildman–Crippen MR) is 60.8 cm³/mol. The maximum absolute atomic E-state index is 10.4. The number of benzene rings is 1. The third kappa shape index (κ3) is 2.70. The molecule has 1 fully saturated rings. The summed E-state index contributed by atoms with van der Waals surface area (Å²) >= 11 is 1.93. The van der Waals surface area contributed by atoms with Crippen molar-refractivity contribution >= 4 is 17.4 Å². The molecule has 0 bridgehead atoms. The van der Waals surface area contributed by atoms with Crippen LogP contribution in [0.15, 0.2) is 24.3 Å². The molecule has 0 aliphatic carbocycles. The van der Waals surface area contributed by atoms with E-state index in [2.05, 4.69) is 4.90 Å². The molecule has 0 atom stereocenters. The molecular weight excluding hydrogens is 212 g/mol. The molecule has 80 valence electrons. The molecule has 0 spiro atoms. The van der Waals surface area contributed by atoms with E-state index in [1.807, 2.05) is 23.9 Å². The highest BCUT2D eigenvalue weighted by molar-refractivity contribution is 7.99. The first-order valence-electron chi connectivity index (χ1n) is 4.79. The zero-order chi connectivity index (χ0) is 10.7. The van der Waals surface area contributed by atoms with Gasteiger partial charge in [0, 0.05) is 36.9 Å². The van der Waals surface area contributed by atoms with Crippen LogP contribution < -0.4 is 0 Å². The molecule has 0 unspecified atom stereocenters. The SMILES string of the molecule is O=[N+]([O-])c1ccc(CN2CCSC2)cc1. The highest BCUT2D eigenvalue weighted by Gasteiger charge is 2.12. The standard InChI is InChI=1S/C10H12N2O2S/c13-12(14)10-3-1-9(2-4-10)7-11-5-6-15-8-11/h1-4H,5-8H2. The Kier molecular flexibility index (Phi) is 3.23. The second kappa shape index (κ2) is 4.63. The summed E-state index contributed by atoms with van der Waals surface area (Å²) in [6.07, 6.45) is 0. The van der Waals surface area contributed by atoms with E-state index in [0.29, 0.717) is 0 Å². The highest BCUT2D eigenvalue weighted by atomic mass is 32.2. The number of hydrogen-bond donors (Lipinski definition) is 0. The van der Waals surface area contributed by atoms with Crippen LogP contribution in [0.1, 0.15) is 5.56 Å². The molecular formula is C10H12N2O2S. The van der Waals surface area contributed by atoms with E-state index in [0.717, 1.165) is 24.5 Å². The minimum atomic E-state index is -0.366. The van der Waals surface area contributed by atoms with Crippen molar-refractivity contribution in [3.63, 3.8) is 0 Å². The van der Waals surface area contributed by atoms with Gasteiger partial charge in [0.05, 0.1) is 4.92 Å². The van der Waals surface area contributed by atoms with E-state index >= 15 is 0 Å². The van der Waals surface area contributed by atoms with Crippen LogP contribution in [0, 0.1) is 10.1 Å². The normalized spacial score (nSPS) is 16.8. The molecule has 1 aromatic carbocycles. The Hall–Kier alpha value is -1.07. The van der Waals surface area contributed by atoms with Crippen molar-refractivity contribution < 1.29 is 4.92 Å². The highest BCUT2D eigenvalue weighted by Crippen LogP contribution is 2.18. The zero-order valence-electron chi connectivity index (χ0n) is 8.26. The van der Waals surface area contributed by atoms with Gasteiger partial charge < -0.3 is 0 Å². The fourth-order valence-corrected chi connectivity index (χ4v) is 2.55. The van der Waals surface area contributed by atoms with E-state index in [1.165, 1.54) is 5.75 Å². The topological polar surface area (TPSA) is 46.4 Å². The van der Waals surface area contributed by atoms with Gasteiger partial charge in [-0.25, -0.2) is 0 Å². The lowest BCUT2D eigenvalue weighted by Crippen LogP contribution is -2.18. The molecule has 1 aliphatic rings. The van der Waals surface area contributed by atoms with Gasteiger partial charge in [-0.2, -0.15) is 0 Å². The maximum Gasteiger partial charge on any atom is 0.269 e. The number of non-ortho nitro benzene ring substituents is 1. The van der Waals surface area contributed by atoms with Crippen LogP contribution in [0.25, 0.3) is 0 Å². The van der Waals surface area contributed by atoms with Crippen LogP contribution in [0.3, 0.4) is 0 Å². The number of nitrogens with zero attached hydrogens (tertiary/aromatic N) is 2. The van der Waals surface area contributed by atoms with Gasteiger partial charge in [0.15, 0.2) is 0 Å². The summed E-state index contributed by atoms with van der Waals surface area (Å²) in [4.78, 5) is 12.4. The largest absolute Gasteiger partial charge is 0.289 e. The Bertz CT molecular complexity index is 347. The maximum atomic E-state index is 10.4. The average molecular weight is 224 g/mol. The first-order valence-corrected chi connectivity index (χ1v) is 5.94. The van der Waals surface area contributed by atoms with Crippen molar-refractivity contribution in [1.29, 1.82) is 0 Å². The number of hydrogen-bond acceptors (Lipinski definition) is 4. The van der Waals surface area contributed by atoms with Gasteiger partial charge >= 0.3 is 0 Å². The number of rotatable bonds is 3. The van der Waals surface area contributed by atoms with E-state index in [1.54, 1.807) is 12.1 Å². The number of nitro benzene ring substituents is 1. The lowest BCUT2D eigenvalue weighted by Gasteiger charge is -2.12. The average Bonchev–Trinajstić information content (AvgIpc) is 2.71. The van der Waals surface area contributed by atoms with Gasteiger partial charge in [-0.15, -0.1) is 11.8 Å². The van der Waals surface area contributed by atoms with Crippen molar-refractivity contribution in [3.8, 4) is 0 Å². The summed E-state index contributed by atoms with van der Waals surface area (Å²) in [5, 5.41) is 10.4. The quantitative estimate of drug-likeness (QED) is 0.582. The van der Waals surface area contributed by atoms with Crippen LogP contribution in [0.2, 0.25) is 0 Å². The molecule has 0 N–H and O–H groups in total. The second-order valence-corrected chi connectivity index (χ2v) is 4.59. The van der Waals surface area contributed by atoms with Crippen LogP contribution in [-0.4, -0.2) is 28.0 Å². The molecule has 2 rings (SSSR count). The smallest absolute Gasteiger partial charge is 0.269 e.